The normalized spacial score (nSPS) is 17.7. The maximum atomic E-state index is 13.0. The van der Waals surface area contributed by atoms with Crippen LogP contribution in [-0.2, 0) is 26.2 Å². The second-order valence-electron chi connectivity index (χ2n) is 7.96. The third-order valence-electron chi connectivity index (χ3n) is 5.56. The minimum Gasteiger partial charge on any atom is -0.497 e. The van der Waals surface area contributed by atoms with Gasteiger partial charge in [0.1, 0.15) is 11.8 Å². The zero-order chi connectivity index (χ0) is 24.0. The van der Waals surface area contributed by atoms with Crippen LogP contribution in [0, 0.1) is 5.92 Å². The number of rotatable bonds is 8. The van der Waals surface area contributed by atoms with E-state index in [9.17, 15) is 18.0 Å². The molecular weight excluding hydrogens is 466 g/mol. The van der Waals surface area contributed by atoms with Gasteiger partial charge in [0.25, 0.3) is 0 Å². The zero-order valence-corrected chi connectivity index (χ0v) is 20.2. The lowest BCUT2D eigenvalue weighted by atomic mass is 9.98. The molecule has 0 spiro atoms. The summed E-state index contributed by atoms with van der Waals surface area (Å²) in [5.41, 5.74) is 0.848. The van der Waals surface area contributed by atoms with E-state index in [2.05, 4.69) is 10.6 Å². The molecule has 0 radical (unpaired) electrons. The predicted molar refractivity (Wildman–Crippen MR) is 125 cm³/mol. The average Bonchev–Trinajstić information content (AvgIpc) is 2.82. The number of hydrogen-bond donors (Lipinski definition) is 2. The largest absolute Gasteiger partial charge is 0.497 e. The van der Waals surface area contributed by atoms with Crippen LogP contribution in [0.4, 0.5) is 0 Å². The lowest BCUT2D eigenvalue weighted by Crippen LogP contribution is -2.50. The average molecular weight is 494 g/mol. The van der Waals surface area contributed by atoms with Gasteiger partial charge in [-0.25, -0.2) is 8.42 Å². The van der Waals surface area contributed by atoms with Gasteiger partial charge in [-0.15, -0.1) is 0 Å². The summed E-state index contributed by atoms with van der Waals surface area (Å²) in [5.74, 6) is -0.640. The van der Waals surface area contributed by atoms with Crippen LogP contribution in [0.1, 0.15) is 25.3 Å². The van der Waals surface area contributed by atoms with Crippen molar-refractivity contribution in [3.63, 3.8) is 0 Å². The van der Waals surface area contributed by atoms with Crippen LogP contribution in [-0.4, -0.2) is 50.8 Å². The first-order valence-electron chi connectivity index (χ1n) is 10.7. The molecule has 10 heteroatoms. The first kappa shape index (κ1) is 25.0. The van der Waals surface area contributed by atoms with Gasteiger partial charge in [0, 0.05) is 24.7 Å². The molecule has 2 N–H and O–H groups in total. The summed E-state index contributed by atoms with van der Waals surface area (Å²) in [5, 5.41) is 6.06. The lowest BCUT2D eigenvalue weighted by Gasteiger charge is -2.31. The Morgan fingerprint density at radius 1 is 1.21 bits per heavy atom. The maximum absolute atomic E-state index is 13.0. The van der Waals surface area contributed by atoms with E-state index in [1.54, 1.807) is 37.3 Å². The van der Waals surface area contributed by atoms with Crippen LogP contribution in [0.3, 0.4) is 0 Å². The SMILES string of the molecule is COc1ccc(S(=O)(=O)N2CCC[C@H](C(=O)N[C@@H](C)C(=O)NCc3cccc(Cl)c3)C2)cc1. The van der Waals surface area contributed by atoms with Gasteiger partial charge >= 0.3 is 0 Å². The number of nitrogens with one attached hydrogen (secondary N) is 2. The van der Waals surface area contributed by atoms with E-state index >= 15 is 0 Å². The quantitative estimate of drug-likeness (QED) is 0.588. The van der Waals surface area contributed by atoms with E-state index in [-0.39, 0.29) is 29.8 Å². The van der Waals surface area contributed by atoms with Crippen LogP contribution in [0.15, 0.2) is 53.4 Å². The highest BCUT2D eigenvalue weighted by atomic mass is 35.5. The molecule has 33 heavy (non-hydrogen) atoms. The molecule has 2 atom stereocenters. The number of nitrogens with zero attached hydrogens (tertiary/aromatic N) is 1. The first-order chi connectivity index (χ1) is 15.7. The molecule has 1 heterocycles. The van der Waals surface area contributed by atoms with Crippen LogP contribution in [0.5, 0.6) is 5.75 Å². The van der Waals surface area contributed by atoms with Crippen LogP contribution < -0.4 is 15.4 Å². The van der Waals surface area contributed by atoms with Gasteiger partial charge in [-0.3, -0.25) is 9.59 Å². The Labute approximate surface area is 199 Å². The molecule has 2 aromatic rings. The van der Waals surface area contributed by atoms with E-state index in [1.165, 1.54) is 23.5 Å². The third kappa shape index (κ3) is 6.46. The first-order valence-corrected chi connectivity index (χ1v) is 12.5. The van der Waals surface area contributed by atoms with Gasteiger partial charge in [0.15, 0.2) is 0 Å². The molecule has 8 nitrogen and oxygen atoms in total. The number of amides is 2. The number of hydrogen-bond acceptors (Lipinski definition) is 5. The Kier molecular flexibility index (Phi) is 8.34. The van der Waals surface area contributed by atoms with E-state index in [4.69, 9.17) is 16.3 Å². The Morgan fingerprint density at radius 3 is 2.61 bits per heavy atom. The summed E-state index contributed by atoms with van der Waals surface area (Å²) < 4.78 is 32.4. The van der Waals surface area contributed by atoms with E-state index in [1.807, 2.05) is 6.07 Å². The minimum absolute atomic E-state index is 0.0665. The predicted octanol–water partition coefficient (Wildman–Crippen LogP) is 2.57. The van der Waals surface area contributed by atoms with Crippen LogP contribution in [0.25, 0.3) is 0 Å². The highest BCUT2D eigenvalue weighted by Gasteiger charge is 2.34. The van der Waals surface area contributed by atoms with Crippen molar-refractivity contribution in [2.45, 2.75) is 37.2 Å². The van der Waals surface area contributed by atoms with Gasteiger partial charge < -0.3 is 15.4 Å². The number of halogens is 1. The molecule has 0 saturated carbocycles. The molecule has 1 fully saturated rings. The molecule has 0 aromatic heterocycles. The summed E-state index contributed by atoms with van der Waals surface area (Å²) in [6, 6.07) is 12.5. The number of sulfonamides is 1. The monoisotopic (exact) mass is 493 g/mol. The molecule has 178 valence electrons. The number of methoxy groups -OCH3 is 1. The fraction of sp³-hybridized carbons (Fsp3) is 0.391. The number of carbonyl (C=O) groups excluding carboxylic acids is 2. The fourth-order valence-electron chi connectivity index (χ4n) is 3.66. The van der Waals surface area contributed by atoms with Gasteiger partial charge in [-0.05, 0) is 61.7 Å². The van der Waals surface area contributed by atoms with Gasteiger partial charge in [0.05, 0.1) is 17.9 Å². The summed E-state index contributed by atoms with van der Waals surface area (Å²) in [6.45, 7) is 2.29. The van der Waals surface area contributed by atoms with Crippen molar-refractivity contribution >= 4 is 33.4 Å². The van der Waals surface area contributed by atoms with Gasteiger partial charge in [-0.1, -0.05) is 23.7 Å². The lowest BCUT2D eigenvalue weighted by molar-refractivity contribution is -0.131. The number of ether oxygens (including phenoxy) is 1. The van der Waals surface area contributed by atoms with Gasteiger partial charge in [0.2, 0.25) is 21.8 Å². The summed E-state index contributed by atoms with van der Waals surface area (Å²) in [7, 11) is -2.22. The number of carbonyl (C=O) groups is 2. The molecular formula is C23H28ClN3O5S. The third-order valence-corrected chi connectivity index (χ3v) is 7.67. The Morgan fingerprint density at radius 2 is 1.94 bits per heavy atom. The number of piperidine rings is 1. The molecule has 1 saturated heterocycles. The smallest absolute Gasteiger partial charge is 0.243 e. The highest BCUT2D eigenvalue weighted by molar-refractivity contribution is 7.89. The van der Waals surface area contributed by atoms with Crippen molar-refractivity contribution in [1.29, 1.82) is 0 Å². The van der Waals surface area contributed by atoms with Crippen molar-refractivity contribution < 1.29 is 22.7 Å². The topological polar surface area (TPSA) is 105 Å². The van der Waals surface area contributed by atoms with Crippen LogP contribution >= 0.6 is 11.6 Å². The van der Waals surface area contributed by atoms with E-state index < -0.39 is 22.0 Å². The standard InChI is InChI=1S/C23H28ClN3O5S/c1-16(22(28)25-14-17-5-3-7-19(24)13-17)26-23(29)18-6-4-12-27(15-18)33(30,31)21-10-8-20(32-2)9-11-21/h3,5,7-11,13,16,18H,4,6,12,14-15H2,1-2H3,(H,25,28)(H,26,29)/t16-,18-/m0/s1. The molecule has 0 bridgehead atoms. The maximum Gasteiger partial charge on any atom is 0.243 e. The Hall–Kier alpha value is -2.62. The molecule has 0 aliphatic carbocycles. The zero-order valence-electron chi connectivity index (χ0n) is 18.6. The minimum atomic E-state index is -3.73. The van der Waals surface area contributed by atoms with Crippen LogP contribution in [0.2, 0.25) is 5.02 Å². The number of benzene rings is 2. The molecule has 0 unspecified atom stereocenters. The molecule has 1 aliphatic heterocycles. The van der Waals surface area contributed by atoms with E-state index in [0.29, 0.717) is 30.2 Å². The molecule has 2 amide bonds. The summed E-state index contributed by atoms with van der Waals surface area (Å²) >= 11 is 5.95. The molecule has 3 rings (SSSR count). The molecule has 2 aromatic carbocycles. The van der Waals surface area contributed by atoms with Crippen molar-refractivity contribution in [2.75, 3.05) is 20.2 Å². The molecule has 1 aliphatic rings. The highest BCUT2D eigenvalue weighted by Crippen LogP contribution is 2.25. The summed E-state index contributed by atoms with van der Waals surface area (Å²) in [6.07, 6.45) is 1.11. The second-order valence-corrected chi connectivity index (χ2v) is 10.3. The van der Waals surface area contributed by atoms with Crippen molar-refractivity contribution in [1.82, 2.24) is 14.9 Å². The van der Waals surface area contributed by atoms with Crippen molar-refractivity contribution in [3.05, 3.63) is 59.1 Å². The van der Waals surface area contributed by atoms with E-state index in [0.717, 1.165) is 5.56 Å². The fourth-order valence-corrected chi connectivity index (χ4v) is 5.39. The second kappa shape index (κ2) is 11.0. The summed E-state index contributed by atoms with van der Waals surface area (Å²) in [4.78, 5) is 25.3. The van der Waals surface area contributed by atoms with Crippen molar-refractivity contribution in [3.8, 4) is 5.75 Å². The Bertz CT molecular complexity index is 1090. The van der Waals surface area contributed by atoms with Crippen molar-refractivity contribution in [2.24, 2.45) is 5.92 Å². The Balaban J connectivity index is 1.56. The van der Waals surface area contributed by atoms with Gasteiger partial charge in [-0.2, -0.15) is 4.31 Å².